The predicted octanol–water partition coefficient (Wildman–Crippen LogP) is 2.35. The minimum atomic E-state index is 0.0749. The van der Waals surface area contributed by atoms with E-state index >= 15 is 0 Å². The second-order valence-corrected chi connectivity index (χ2v) is 4.59. The van der Waals surface area contributed by atoms with E-state index in [4.69, 9.17) is 4.74 Å². The van der Waals surface area contributed by atoms with Gasteiger partial charge in [0.15, 0.2) is 0 Å². The molecule has 18 heavy (non-hydrogen) atoms. The van der Waals surface area contributed by atoms with Gasteiger partial charge < -0.3 is 4.74 Å². The van der Waals surface area contributed by atoms with Crippen LogP contribution in [-0.2, 0) is 4.74 Å². The second kappa shape index (κ2) is 4.86. The van der Waals surface area contributed by atoms with Gasteiger partial charge in [-0.3, -0.25) is 0 Å². The molecule has 0 N–H and O–H groups in total. The summed E-state index contributed by atoms with van der Waals surface area (Å²) in [7, 11) is 0. The Hall–Kier alpha value is -1.75. The molecule has 1 fully saturated rings. The molecule has 0 aromatic carbocycles. The van der Waals surface area contributed by atoms with Crippen LogP contribution in [0.3, 0.4) is 0 Å². The van der Waals surface area contributed by atoms with Crippen molar-refractivity contribution in [3.63, 3.8) is 0 Å². The summed E-state index contributed by atoms with van der Waals surface area (Å²) in [5.41, 5.74) is 2.75. The van der Waals surface area contributed by atoms with Crippen LogP contribution in [0.2, 0.25) is 0 Å². The van der Waals surface area contributed by atoms with Gasteiger partial charge in [0.05, 0.1) is 17.6 Å². The van der Waals surface area contributed by atoms with Crippen LogP contribution < -0.4 is 0 Å². The number of hydrogen-bond acceptors (Lipinski definition) is 4. The largest absolute Gasteiger partial charge is 0.357 e. The van der Waals surface area contributed by atoms with Gasteiger partial charge in [0, 0.05) is 18.4 Å². The summed E-state index contributed by atoms with van der Waals surface area (Å²) in [5.74, 6) is 0. The van der Waals surface area contributed by atoms with Crippen LogP contribution in [0.1, 0.15) is 31.2 Å². The lowest BCUT2D eigenvalue weighted by Crippen LogP contribution is -2.18. The van der Waals surface area contributed by atoms with Crippen LogP contribution in [0, 0.1) is 6.92 Å². The number of ether oxygens (including phenoxy) is 1. The van der Waals surface area contributed by atoms with E-state index in [0.29, 0.717) is 0 Å². The van der Waals surface area contributed by atoms with Crippen molar-refractivity contribution in [1.82, 2.24) is 20.0 Å². The Morgan fingerprint density at radius 1 is 1.28 bits per heavy atom. The first kappa shape index (κ1) is 11.3. The van der Waals surface area contributed by atoms with Crippen molar-refractivity contribution in [2.45, 2.75) is 32.4 Å². The first-order chi connectivity index (χ1) is 8.83. The van der Waals surface area contributed by atoms with Crippen molar-refractivity contribution >= 4 is 0 Å². The minimum Gasteiger partial charge on any atom is -0.357 e. The number of aromatic nitrogens is 4. The van der Waals surface area contributed by atoms with Gasteiger partial charge in [-0.05, 0) is 38.3 Å². The van der Waals surface area contributed by atoms with Crippen LogP contribution in [-0.4, -0.2) is 26.6 Å². The topological polar surface area (TPSA) is 52.8 Å². The van der Waals surface area contributed by atoms with E-state index in [2.05, 4.69) is 15.3 Å². The Morgan fingerprint density at radius 2 is 2.22 bits per heavy atom. The maximum absolute atomic E-state index is 5.70. The fourth-order valence-corrected chi connectivity index (χ4v) is 2.11. The van der Waals surface area contributed by atoms with Gasteiger partial charge in [-0.1, -0.05) is 0 Å². The van der Waals surface area contributed by atoms with E-state index in [9.17, 15) is 0 Å². The molecular weight excluding hydrogens is 228 g/mol. The fraction of sp³-hybridized carbons (Fsp3) is 0.462. The summed E-state index contributed by atoms with van der Waals surface area (Å²) in [6.07, 6.45) is 7.25. The molecule has 1 aliphatic heterocycles. The van der Waals surface area contributed by atoms with Crippen molar-refractivity contribution in [2.75, 3.05) is 6.61 Å². The molecule has 0 amide bonds. The third-order valence-corrected chi connectivity index (χ3v) is 3.15. The van der Waals surface area contributed by atoms with Crippen LogP contribution in [0.25, 0.3) is 11.3 Å². The third kappa shape index (κ3) is 2.26. The Bertz CT molecular complexity index is 514. The van der Waals surface area contributed by atoms with Gasteiger partial charge in [0.2, 0.25) is 0 Å². The molecular formula is C13H16N4O. The summed E-state index contributed by atoms with van der Waals surface area (Å²) in [4.78, 5) is 0. The van der Waals surface area contributed by atoms with Gasteiger partial charge in [0.25, 0.3) is 0 Å². The Morgan fingerprint density at radius 3 is 2.94 bits per heavy atom. The van der Waals surface area contributed by atoms with E-state index in [1.807, 2.05) is 36.1 Å². The van der Waals surface area contributed by atoms with Gasteiger partial charge >= 0.3 is 0 Å². The quantitative estimate of drug-likeness (QED) is 0.813. The molecule has 1 unspecified atom stereocenters. The molecule has 94 valence electrons. The number of rotatable bonds is 2. The zero-order chi connectivity index (χ0) is 12.4. The van der Waals surface area contributed by atoms with E-state index in [1.54, 1.807) is 0 Å². The number of nitrogens with zero attached hydrogens (tertiary/aromatic N) is 4. The van der Waals surface area contributed by atoms with E-state index in [0.717, 1.165) is 36.4 Å². The smallest absolute Gasteiger partial charge is 0.150 e. The highest BCUT2D eigenvalue weighted by molar-refractivity contribution is 5.55. The normalized spacial score (nSPS) is 19.9. The van der Waals surface area contributed by atoms with Crippen molar-refractivity contribution in [2.24, 2.45) is 0 Å². The summed E-state index contributed by atoms with van der Waals surface area (Å²) < 4.78 is 7.58. The third-order valence-electron chi connectivity index (χ3n) is 3.15. The lowest BCUT2D eigenvalue weighted by Gasteiger charge is -2.22. The fourth-order valence-electron chi connectivity index (χ4n) is 2.11. The highest BCUT2D eigenvalue weighted by Crippen LogP contribution is 2.24. The molecule has 3 rings (SSSR count). The van der Waals surface area contributed by atoms with Crippen molar-refractivity contribution in [3.8, 4) is 11.3 Å². The molecule has 5 nitrogen and oxygen atoms in total. The van der Waals surface area contributed by atoms with Gasteiger partial charge in [-0.25, -0.2) is 4.68 Å². The minimum absolute atomic E-state index is 0.0749. The molecule has 0 saturated carbocycles. The Balaban J connectivity index is 1.82. The molecule has 0 radical (unpaired) electrons. The average molecular weight is 244 g/mol. The lowest BCUT2D eigenvalue weighted by atomic mass is 10.2. The standard InChI is InChI=1S/C13H16N4O/c1-10-5-6-12(16-15-10)11-8-14-17(9-11)13-4-2-3-7-18-13/h5-6,8-9,13H,2-4,7H2,1H3. The van der Waals surface area contributed by atoms with Crippen LogP contribution in [0.15, 0.2) is 24.5 Å². The summed E-state index contributed by atoms with van der Waals surface area (Å²) in [6, 6.07) is 3.92. The molecule has 0 spiro atoms. The molecule has 1 aliphatic rings. The summed E-state index contributed by atoms with van der Waals surface area (Å²) in [6.45, 7) is 2.75. The zero-order valence-electron chi connectivity index (χ0n) is 10.4. The first-order valence-electron chi connectivity index (χ1n) is 6.29. The first-order valence-corrected chi connectivity index (χ1v) is 6.29. The van der Waals surface area contributed by atoms with E-state index in [1.165, 1.54) is 6.42 Å². The molecule has 0 bridgehead atoms. The molecule has 2 aromatic heterocycles. The van der Waals surface area contributed by atoms with Gasteiger partial charge in [-0.15, -0.1) is 0 Å². The van der Waals surface area contributed by atoms with Crippen molar-refractivity contribution in [3.05, 3.63) is 30.2 Å². The summed E-state index contributed by atoms with van der Waals surface area (Å²) in [5, 5.41) is 12.6. The van der Waals surface area contributed by atoms with E-state index in [-0.39, 0.29) is 6.23 Å². The average Bonchev–Trinajstić information content (AvgIpc) is 2.90. The van der Waals surface area contributed by atoms with Gasteiger partial charge in [-0.2, -0.15) is 15.3 Å². The monoisotopic (exact) mass is 244 g/mol. The van der Waals surface area contributed by atoms with Crippen molar-refractivity contribution in [1.29, 1.82) is 0 Å². The number of aryl methyl sites for hydroxylation is 1. The maximum atomic E-state index is 5.70. The Kier molecular flexibility index (Phi) is 3.06. The zero-order valence-corrected chi connectivity index (χ0v) is 10.4. The van der Waals surface area contributed by atoms with Crippen LogP contribution in [0.4, 0.5) is 0 Å². The van der Waals surface area contributed by atoms with Crippen molar-refractivity contribution < 1.29 is 4.74 Å². The Labute approximate surface area is 106 Å². The SMILES string of the molecule is Cc1ccc(-c2cnn(C3CCCCO3)c2)nn1. The lowest BCUT2D eigenvalue weighted by molar-refractivity contribution is -0.0394. The molecule has 1 saturated heterocycles. The highest BCUT2D eigenvalue weighted by Gasteiger charge is 2.16. The van der Waals surface area contributed by atoms with Crippen LogP contribution in [0.5, 0.6) is 0 Å². The summed E-state index contributed by atoms with van der Waals surface area (Å²) >= 11 is 0. The highest BCUT2D eigenvalue weighted by atomic mass is 16.5. The molecule has 2 aromatic rings. The molecule has 5 heteroatoms. The van der Waals surface area contributed by atoms with E-state index < -0.39 is 0 Å². The van der Waals surface area contributed by atoms with Crippen LogP contribution >= 0.6 is 0 Å². The maximum Gasteiger partial charge on any atom is 0.150 e. The second-order valence-electron chi connectivity index (χ2n) is 4.59. The molecule has 0 aliphatic carbocycles. The predicted molar refractivity (Wildman–Crippen MR) is 66.8 cm³/mol. The molecule has 1 atom stereocenters. The number of hydrogen-bond donors (Lipinski definition) is 0. The van der Waals surface area contributed by atoms with Gasteiger partial charge in [0.1, 0.15) is 6.23 Å². The molecule has 3 heterocycles.